The standard InChI is InChI=1S/C7H8N2O3/c10-7(11)6-3-9-5(4-12-6)1-2-8-9/h1-2,6H,3-4H2,(H,10,11). The summed E-state index contributed by atoms with van der Waals surface area (Å²) in [4.78, 5) is 10.5. The van der Waals surface area contributed by atoms with Crippen molar-refractivity contribution in [2.24, 2.45) is 0 Å². The van der Waals surface area contributed by atoms with Crippen LogP contribution in [0.3, 0.4) is 0 Å². The molecule has 1 atom stereocenters. The van der Waals surface area contributed by atoms with E-state index in [-0.39, 0.29) is 0 Å². The zero-order valence-corrected chi connectivity index (χ0v) is 6.30. The molecular weight excluding hydrogens is 160 g/mol. The first-order valence-electron chi connectivity index (χ1n) is 3.62. The van der Waals surface area contributed by atoms with Gasteiger partial charge in [-0.2, -0.15) is 5.10 Å². The highest BCUT2D eigenvalue weighted by molar-refractivity contribution is 5.72. The van der Waals surface area contributed by atoms with E-state index >= 15 is 0 Å². The quantitative estimate of drug-likeness (QED) is 0.634. The SMILES string of the molecule is O=C(O)C1Cn2nccc2CO1. The molecule has 64 valence electrons. The van der Waals surface area contributed by atoms with E-state index in [0.717, 1.165) is 5.69 Å². The molecule has 1 unspecified atom stereocenters. The van der Waals surface area contributed by atoms with Gasteiger partial charge in [-0.1, -0.05) is 0 Å². The second kappa shape index (κ2) is 2.60. The first-order chi connectivity index (χ1) is 5.77. The number of hydrogen-bond acceptors (Lipinski definition) is 3. The Morgan fingerprint density at radius 1 is 1.83 bits per heavy atom. The van der Waals surface area contributed by atoms with E-state index in [1.54, 1.807) is 10.9 Å². The van der Waals surface area contributed by atoms with Crippen LogP contribution in [-0.4, -0.2) is 27.0 Å². The molecule has 0 radical (unpaired) electrons. The molecule has 0 amide bonds. The smallest absolute Gasteiger partial charge is 0.334 e. The molecule has 0 spiro atoms. The number of ether oxygens (including phenoxy) is 1. The second-order valence-corrected chi connectivity index (χ2v) is 2.64. The predicted molar refractivity (Wildman–Crippen MR) is 38.4 cm³/mol. The molecule has 0 saturated heterocycles. The summed E-state index contributed by atoms with van der Waals surface area (Å²) in [7, 11) is 0. The van der Waals surface area contributed by atoms with Gasteiger partial charge in [-0.25, -0.2) is 4.79 Å². The predicted octanol–water partition coefficient (Wildman–Crippen LogP) is -0.134. The minimum Gasteiger partial charge on any atom is -0.479 e. The van der Waals surface area contributed by atoms with Crippen LogP contribution < -0.4 is 0 Å². The lowest BCUT2D eigenvalue weighted by Gasteiger charge is -2.20. The van der Waals surface area contributed by atoms with Crippen molar-refractivity contribution < 1.29 is 14.6 Å². The van der Waals surface area contributed by atoms with Crippen molar-refractivity contribution in [3.63, 3.8) is 0 Å². The van der Waals surface area contributed by atoms with Crippen LogP contribution in [0.5, 0.6) is 0 Å². The average Bonchev–Trinajstić information content (AvgIpc) is 2.49. The Balaban J connectivity index is 2.20. The summed E-state index contributed by atoms with van der Waals surface area (Å²) >= 11 is 0. The summed E-state index contributed by atoms with van der Waals surface area (Å²) in [5.41, 5.74) is 0.924. The maximum Gasteiger partial charge on any atom is 0.334 e. The monoisotopic (exact) mass is 168 g/mol. The van der Waals surface area contributed by atoms with Crippen molar-refractivity contribution >= 4 is 5.97 Å². The topological polar surface area (TPSA) is 64.3 Å². The number of carboxylic acid groups (broad SMARTS) is 1. The molecule has 5 nitrogen and oxygen atoms in total. The molecule has 2 heterocycles. The van der Waals surface area contributed by atoms with Crippen molar-refractivity contribution in [3.05, 3.63) is 18.0 Å². The molecular formula is C7H8N2O3. The molecule has 1 aromatic heterocycles. The normalized spacial score (nSPS) is 21.8. The zero-order valence-electron chi connectivity index (χ0n) is 6.30. The van der Waals surface area contributed by atoms with Gasteiger partial charge in [-0.3, -0.25) is 4.68 Å². The van der Waals surface area contributed by atoms with E-state index in [2.05, 4.69) is 5.10 Å². The van der Waals surface area contributed by atoms with Crippen LogP contribution >= 0.6 is 0 Å². The van der Waals surface area contributed by atoms with Gasteiger partial charge in [0.2, 0.25) is 0 Å². The largest absolute Gasteiger partial charge is 0.479 e. The summed E-state index contributed by atoms with van der Waals surface area (Å²) in [5, 5.41) is 12.6. The number of aliphatic carboxylic acids is 1. The Morgan fingerprint density at radius 2 is 2.67 bits per heavy atom. The maximum atomic E-state index is 10.5. The maximum absolute atomic E-state index is 10.5. The first-order valence-corrected chi connectivity index (χ1v) is 3.62. The van der Waals surface area contributed by atoms with Crippen LogP contribution in [0.25, 0.3) is 0 Å². The molecule has 1 N–H and O–H groups in total. The first kappa shape index (κ1) is 7.30. The van der Waals surface area contributed by atoms with E-state index in [1.807, 2.05) is 6.07 Å². The van der Waals surface area contributed by atoms with E-state index in [1.165, 1.54) is 0 Å². The molecule has 5 heteroatoms. The van der Waals surface area contributed by atoms with Gasteiger partial charge >= 0.3 is 5.97 Å². The number of aromatic nitrogens is 2. The molecule has 1 aromatic rings. The number of carbonyl (C=O) groups is 1. The van der Waals surface area contributed by atoms with Gasteiger partial charge in [0, 0.05) is 6.20 Å². The number of fused-ring (bicyclic) bond motifs is 1. The summed E-state index contributed by atoms with van der Waals surface area (Å²) in [6, 6.07) is 1.82. The Morgan fingerprint density at radius 3 is 3.42 bits per heavy atom. The third-order valence-electron chi connectivity index (χ3n) is 1.85. The highest BCUT2D eigenvalue weighted by Crippen LogP contribution is 2.12. The van der Waals surface area contributed by atoms with E-state index in [9.17, 15) is 4.79 Å². The van der Waals surface area contributed by atoms with Gasteiger partial charge in [0.1, 0.15) is 0 Å². The Hall–Kier alpha value is -1.36. The number of carboxylic acids is 1. The Kier molecular flexibility index (Phi) is 1.58. The fraction of sp³-hybridized carbons (Fsp3) is 0.429. The fourth-order valence-electron chi connectivity index (χ4n) is 1.19. The van der Waals surface area contributed by atoms with Crippen molar-refractivity contribution in [1.82, 2.24) is 9.78 Å². The van der Waals surface area contributed by atoms with Crippen molar-refractivity contribution in [2.45, 2.75) is 19.3 Å². The van der Waals surface area contributed by atoms with Crippen molar-refractivity contribution in [2.75, 3.05) is 0 Å². The molecule has 2 rings (SSSR count). The zero-order chi connectivity index (χ0) is 8.55. The van der Waals surface area contributed by atoms with E-state index < -0.39 is 12.1 Å². The van der Waals surface area contributed by atoms with Crippen molar-refractivity contribution in [3.8, 4) is 0 Å². The average molecular weight is 168 g/mol. The van der Waals surface area contributed by atoms with Crippen molar-refractivity contribution in [1.29, 1.82) is 0 Å². The highest BCUT2D eigenvalue weighted by atomic mass is 16.5. The fourth-order valence-corrected chi connectivity index (χ4v) is 1.19. The molecule has 0 aliphatic carbocycles. The van der Waals surface area contributed by atoms with Gasteiger partial charge in [0.15, 0.2) is 6.10 Å². The Labute approximate surface area is 68.6 Å². The highest BCUT2D eigenvalue weighted by Gasteiger charge is 2.24. The summed E-state index contributed by atoms with van der Waals surface area (Å²) in [5.74, 6) is -0.934. The number of nitrogens with zero attached hydrogens (tertiary/aromatic N) is 2. The van der Waals surface area contributed by atoms with Crippen LogP contribution in [0.1, 0.15) is 5.69 Å². The summed E-state index contributed by atoms with van der Waals surface area (Å²) in [6.07, 6.45) is 0.889. The molecule has 1 aliphatic heterocycles. The van der Waals surface area contributed by atoms with Gasteiger partial charge in [-0.05, 0) is 6.07 Å². The molecule has 0 fully saturated rings. The van der Waals surface area contributed by atoms with Crippen LogP contribution in [0.4, 0.5) is 0 Å². The lowest BCUT2D eigenvalue weighted by molar-refractivity contribution is -0.154. The van der Waals surface area contributed by atoms with Gasteiger partial charge in [-0.15, -0.1) is 0 Å². The molecule has 1 aliphatic rings. The minimum absolute atomic E-state index is 0.303. The van der Waals surface area contributed by atoms with E-state index in [4.69, 9.17) is 9.84 Å². The molecule has 0 aromatic carbocycles. The molecule has 0 bridgehead atoms. The molecule has 12 heavy (non-hydrogen) atoms. The van der Waals surface area contributed by atoms with E-state index in [0.29, 0.717) is 13.2 Å². The lowest BCUT2D eigenvalue weighted by atomic mass is 10.3. The van der Waals surface area contributed by atoms with Crippen LogP contribution in [0.15, 0.2) is 12.3 Å². The summed E-state index contributed by atoms with van der Waals surface area (Å²) in [6.45, 7) is 0.634. The van der Waals surface area contributed by atoms with Crippen LogP contribution in [-0.2, 0) is 22.7 Å². The molecule has 0 saturated carbocycles. The second-order valence-electron chi connectivity index (χ2n) is 2.64. The van der Waals surface area contributed by atoms with Gasteiger partial charge < -0.3 is 9.84 Å². The van der Waals surface area contributed by atoms with Gasteiger partial charge in [0.05, 0.1) is 18.8 Å². The third-order valence-corrected chi connectivity index (χ3v) is 1.85. The number of hydrogen-bond donors (Lipinski definition) is 1. The Bertz CT molecular complexity index is 307. The lowest BCUT2D eigenvalue weighted by Crippen LogP contribution is -2.34. The van der Waals surface area contributed by atoms with Crippen LogP contribution in [0.2, 0.25) is 0 Å². The van der Waals surface area contributed by atoms with Gasteiger partial charge in [0.25, 0.3) is 0 Å². The minimum atomic E-state index is -0.934. The van der Waals surface area contributed by atoms with Crippen LogP contribution in [0, 0.1) is 0 Å². The number of rotatable bonds is 1. The summed E-state index contributed by atoms with van der Waals surface area (Å²) < 4.78 is 6.72. The third kappa shape index (κ3) is 1.08.